The lowest BCUT2D eigenvalue weighted by Crippen LogP contribution is -2.44. The third-order valence-corrected chi connectivity index (χ3v) is 3.63. The van der Waals surface area contributed by atoms with Gasteiger partial charge in [0.15, 0.2) is 0 Å². The van der Waals surface area contributed by atoms with Crippen LogP contribution in [0.1, 0.15) is 31.2 Å². The molecule has 1 aliphatic rings. The molecule has 0 radical (unpaired) electrons. The van der Waals surface area contributed by atoms with E-state index in [1.54, 1.807) is 6.07 Å². The number of nitrogens with one attached hydrogen (secondary N) is 1. The first-order valence-corrected chi connectivity index (χ1v) is 6.20. The number of carbonyl (C=O) groups is 2. The van der Waals surface area contributed by atoms with Crippen molar-refractivity contribution in [3.8, 4) is 0 Å². The number of hydrogen-bond acceptors (Lipinski definition) is 2. The molecule has 18 heavy (non-hydrogen) atoms. The number of rotatable bonds is 2. The number of amides is 2. The van der Waals surface area contributed by atoms with E-state index in [4.69, 9.17) is 11.6 Å². The van der Waals surface area contributed by atoms with Crippen LogP contribution >= 0.6 is 11.6 Å². The number of benzene rings is 1. The van der Waals surface area contributed by atoms with Crippen molar-refractivity contribution in [1.82, 2.24) is 5.32 Å². The Morgan fingerprint density at radius 2 is 2.17 bits per heavy atom. The molecule has 1 aromatic rings. The molecule has 2 rings (SSSR count). The Morgan fingerprint density at radius 1 is 1.44 bits per heavy atom. The quantitative estimate of drug-likeness (QED) is 0.839. The van der Waals surface area contributed by atoms with E-state index in [0.717, 1.165) is 0 Å². The van der Waals surface area contributed by atoms with Gasteiger partial charge in [-0.05, 0) is 18.6 Å². The molecule has 3 nitrogen and oxygen atoms in total. The van der Waals surface area contributed by atoms with E-state index in [1.165, 1.54) is 12.1 Å². The molecule has 2 unspecified atom stereocenters. The fraction of sp³-hybridized carbons (Fsp3) is 0.385. The standard InChI is InChI=1S/C13H13ClFNO2/c1-2-7-8(6-11(17)16-13(7)18)12-9(14)4-3-5-10(12)15/h3-5,7-8H,2,6H2,1H3,(H,16,17,18). The normalized spacial score (nSPS) is 23.9. The fourth-order valence-corrected chi connectivity index (χ4v) is 2.75. The molecular formula is C13H13ClFNO2. The van der Waals surface area contributed by atoms with Crippen molar-refractivity contribution in [2.45, 2.75) is 25.7 Å². The highest BCUT2D eigenvalue weighted by atomic mass is 35.5. The van der Waals surface area contributed by atoms with Crippen molar-refractivity contribution in [2.24, 2.45) is 5.92 Å². The topological polar surface area (TPSA) is 46.2 Å². The Labute approximate surface area is 109 Å². The maximum atomic E-state index is 13.9. The molecule has 5 heteroatoms. The highest BCUT2D eigenvalue weighted by molar-refractivity contribution is 6.31. The Balaban J connectivity index is 2.46. The molecule has 1 aliphatic heterocycles. The molecule has 1 saturated heterocycles. The number of hydrogen-bond donors (Lipinski definition) is 1. The smallest absolute Gasteiger partial charge is 0.230 e. The fourth-order valence-electron chi connectivity index (χ4n) is 2.44. The van der Waals surface area contributed by atoms with E-state index < -0.39 is 17.7 Å². The number of piperidine rings is 1. The van der Waals surface area contributed by atoms with Crippen molar-refractivity contribution < 1.29 is 14.0 Å². The van der Waals surface area contributed by atoms with Crippen LogP contribution in [0.5, 0.6) is 0 Å². The first-order chi connectivity index (χ1) is 8.54. The molecule has 0 aromatic heterocycles. The Bertz CT molecular complexity index is 484. The van der Waals surface area contributed by atoms with Crippen LogP contribution < -0.4 is 5.32 Å². The molecule has 1 N–H and O–H groups in total. The first kappa shape index (κ1) is 13.0. The van der Waals surface area contributed by atoms with Gasteiger partial charge in [0.1, 0.15) is 5.82 Å². The predicted octanol–water partition coefficient (Wildman–Crippen LogP) is 2.64. The molecule has 0 spiro atoms. The highest BCUT2D eigenvalue weighted by Gasteiger charge is 2.37. The van der Waals surface area contributed by atoms with Crippen LogP contribution in [0.4, 0.5) is 4.39 Å². The van der Waals surface area contributed by atoms with Crippen LogP contribution in [0.2, 0.25) is 5.02 Å². The van der Waals surface area contributed by atoms with Crippen LogP contribution in [-0.4, -0.2) is 11.8 Å². The third kappa shape index (κ3) is 2.25. The summed E-state index contributed by atoms with van der Waals surface area (Å²) in [5.41, 5.74) is 0.272. The van der Waals surface area contributed by atoms with Gasteiger partial charge in [-0.3, -0.25) is 14.9 Å². The summed E-state index contributed by atoms with van der Waals surface area (Å²) in [5.74, 6) is -2.09. The van der Waals surface area contributed by atoms with Gasteiger partial charge in [0.05, 0.1) is 0 Å². The van der Waals surface area contributed by atoms with Crippen LogP contribution in [-0.2, 0) is 9.59 Å². The summed E-state index contributed by atoms with van der Waals surface area (Å²) in [5, 5.41) is 2.54. The second-order valence-electron chi connectivity index (χ2n) is 4.37. The Hall–Kier alpha value is -1.42. The summed E-state index contributed by atoms with van der Waals surface area (Å²) < 4.78 is 13.9. The lowest BCUT2D eigenvalue weighted by Gasteiger charge is -2.30. The minimum atomic E-state index is -0.482. The summed E-state index contributed by atoms with van der Waals surface area (Å²) in [6.07, 6.45) is 0.624. The van der Waals surface area contributed by atoms with Crippen LogP contribution in [0.25, 0.3) is 0 Å². The zero-order valence-corrected chi connectivity index (χ0v) is 10.6. The molecular weight excluding hydrogens is 257 g/mol. The van der Waals surface area contributed by atoms with E-state index >= 15 is 0 Å². The summed E-state index contributed by atoms with van der Waals surface area (Å²) in [6, 6.07) is 4.38. The second-order valence-corrected chi connectivity index (χ2v) is 4.78. The number of carbonyl (C=O) groups excluding carboxylic acids is 2. The van der Waals surface area contributed by atoms with Gasteiger partial charge >= 0.3 is 0 Å². The van der Waals surface area contributed by atoms with Crippen LogP contribution in [0.15, 0.2) is 18.2 Å². The van der Waals surface area contributed by atoms with Crippen molar-refractivity contribution in [3.63, 3.8) is 0 Å². The summed E-state index contributed by atoms with van der Waals surface area (Å²) in [6.45, 7) is 1.84. The van der Waals surface area contributed by atoms with E-state index in [1.807, 2.05) is 6.92 Å². The van der Waals surface area contributed by atoms with Crippen LogP contribution in [0.3, 0.4) is 0 Å². The Kier molecular flexibility index (Phi) is 3.66. The van der Waals surface area contributed by atoms with E-state index in [0.29, 0.717) is 6.42 Å². The second kappa shape index (κ2) is 5.06. The van der Waals surface area contributed by atoms with Crippen molar-refractivity contribution in [3.05, 3.63) is 34.6 Å². The van der Waals surface area contributed by atoms with Gasteiger partial charge < -0.3 is 0 Å². The van der Waals surface area contributed by atoms with E-state index in [9.17, 15) is 14.0 Å². The SMILES string of the molecule is CCC1C(=O)NC(=O)CC1c1c(F)cccc1Cl. The van der Waals surface area contributed by atoms with Crippen molar-refractivity contribution >= 4 is 23.4 Å². The number of imide groups is 1. The zero-order valence-electron chi connectivity index (χ0n) is 9.87. The largest absolute Gasteiger partial charge is 0.296 e. The molecule has 0 aliphatic carbocycles. The maximum Gasteiger partial charge on any atom is 0.230 e. The molecule has 1 fully saturated rings. The monoisotopic (exact) mass is 269 g/mol. The van der Waals surface area contributed by atoms with Crippen molar-refractivity contribution in [2.75, 3.05) is 0 Å². The summed E-state index contributed by atoms with van der Waals surface area (Å²) in [4.78, 5) is 23.2. The van der Waals surface area contributed by atoms with Gasteiger partial charge in [-0.2, -0.15) is 0 Å². The van der Waals surface area contributed by atoms with E-state index in [-0.39, 0.29) is 28.8 Å². The first-order valence-electron chi connectivity index (χ1n) is 5.82. The van der Waals surface area contributed by atoms with Gasteiger partial charge in [-0.15, -0.1) is 0 Å². The lowest BCUT2D eigenvalue weighted by atomic mass is 9.78. The van der Waals surface area contributed by atoms with Gasteiger partial charge in [-0.1, -0.05) is 24.6 Å². The predicted molar refractivity (Wildman–Crippen MR) is 65.7 cm³/mol. The highest BCUT2D eigenvalue weighted by Crippen LogP contribution is 2.38. The lowest BCUT2D eigenvalue weighted by molar-refractivity contribution is -0.137. The number of halogens is 2. The van der Waals surface area contributed by atoms with Gasteiger partial charge in [0.25, 0.3) is 0 Å². The average molecular weight is 270 g/mol. The molecule has 1 aromatic carbocycles. The van der Waals surface area contributed by atoms with Gasteiger partial charge in [-0.25, -0.2) is 4.39 Å². The molecule has 2 atom stereocenters. The summed E-state index contributed by atoms with van der Waals surface area (Å²) >= 11 is 6.00. The molecule has 0 bridgehead atoms. The van der Waals surface area contributed by atoms with Gasteiger partial charge in [0.2, 0.25) is 11.8 Å². The molecule has 96 valence electrons. The Morgan fingerprint density at radius 3 is 2.78 bits per heavy atom. The maximum absolute atomic E-state index is 13.9. The zero-order chi connectivity index (χ0) is 13.3. The van der Waals surface area contributed by atoms with Crippen molar-refractivity contribution in [1.29, 1.82) is 0 Å². The average Bonchev–Trinajstić information content (AvgIpc) is 2.28. The molecule has 0 saturated carbocycles. The minimum Gasteiger partial charge on any atom is -0.296 e. The summed E-state index contributed by atoms with van der Waals surface area (Å²) in [7, 11) is 0. The molecule has 2 amide bonds. The van der Waals surface area contributed by atoms with Crippen LogP contribution in [0, 0.1) is 11.7 Å². The van der Waals surface area contributed by atoms with Gasteiger partial charge in [0, 0.05) is 28.8 Å². The third-order valence-electron chi connectivity index (χ3n) is 3.30. The molecule has 1 heterocycles. The minimum absolute atomic E-state index is 0.0882. The van der Waals surface area contributed by atoms with E-state index in [2.05, 4.69) is 5.32 Å².